The highest BCUT2D eigenvalue weighted by atomic mass is 32.1. The van der Waals surface area contributed by atoms with Gasteiger partial charge >= 0.3 is 0 Å². The molecule has 0 atom stereocenters. The lowest BCUT2D eigenvalue weighted by Crippen LogP contribution is -2.20. The highest BCUT2D eigenvalue weighted by Gasteiger charge is 2.27. The van der Waals surface area contributed by atoms with E-state index in [1.807, 2.05) is 48.7 Å². The Hall–Kier alpha value is -1.94. The van der Waals surface area contributed by atoms with Crippen LogP contribution < -0.4 is 5.01 Å². The molecule has 0 fully saturated rings. The first-order chi connectivity index (χ1) is 8.75. The van der Waals surface area contributed by atoms with Crippen LogP contribution in [0.3, 0.4) is 0 Å². The lowest BCUT2D eigenvalue weighted by molar-refractivity contribution is -0.116. The number of carbonyl (C=O) groups is 1. The van der Waals surface area contributed by atoms with Crippen molar-refractivity contribution < 1.29 is 4.79 Å². The number of hydrazone groups is 1. The van der Waals surface area contributed by atoms with E-state index in [0.717, 1.165) is 21.8 Å². The standard InChI is InChI=1S/C14H12N2OS/c1-10-5-2-3-6-12(10)16-14(17)9-11(15-16)13-7-4-8-18-13/h2-8H,9H2,1H3. The van der Waals surface area contributed by atoms with Gasteiger partial charge in [0.25, 0.3) is 5.91 Å². The zero-order valence-corrected chi connectivity index (χ0v) is 10.8. The Balaban J connectivity index is 1.99. The SMILES string of the molecule is Cc1ccccc1N1N=C(c2cccs2)CC1=O. The summed E-state index contributed by atoms with van der Waals surface area (Å²) in [5.41, 5.74) is 2.79. The first-order valence-electron chi connectivity index (χ1n) is 5.75. The van der Waals surface area contributed by atoms with E-state index < -0.39 is 0 Å². The lowest BCUT2D eigenvalue weighted by Gasteiger charge is -2.13. The van der Waals surface area contributed by atoms with Gasteiger partial charge in [0.15, 0.2) is 0 Å². The fourth-order valence-electron chi connectivity index (χ4n) is 2.00. The summed E-state index contributed by atoms with van der Waals surface area (Å²) < 4.78 is 0. The van der Waals surface area contributed by atoms with Crippen molar-refractivity contribution in [1.82, 2.24) is 0 Å². The molecule has 90 valence electrons. The fraction of sp³-hybridized carbons (Fsp3) is 0.143. The Labute approximate surface area is 109 Å². The van der Waals surface area contributed by atoms with Gasteiger partial charge in [-0.2, -0.15) is 10.1 Å². The fourth-order valence-corrected chi connectivity index (χ4v) is 2.71. The van der Waals surface area contributed by atoms with Crippen LogP contribution in [0.2, 0.25) is 0 Å². The largest absolute Gasteiger partial charge is 0.272 e. The number of benzene rings is 1. The summed E-state index contributed by atoms with van der Waals surface area (Å²) in [6, 6.07) is 11.8. The highest BCUT2D eigenvalue weighted by molar-refractivity contribution is 7.12. The summed E-state index contributed by atoms with van der Waals surface area (Å²) in [5.74, 6) is 0.0349. The quantitative estimate of drug-likeness (QED) is 0.812. The van der Waals surface area contributed by atoms with Crippen molar-refractivity contribution >= 4 is 28.6 Å². The molecule has 0 unspecified atom stereocenters. The van der Waals surface area contributed by atoms with E-state index in [0.29, 0.717) is 6.42 Å². The molecule has 3 rings (SSSR count). The molecule has 0 bridgehead atoms. The predicted molar refractivity (Wildman–Crippen MR) is 74.1 cm³/mol. The average molecular weight is 256 g/mol. The maximum Gasteiger partial charge on any atom is 0.253 e. The second-order valence-corrected chi connectivity index (χ2v) is 5.14. The maximum absolute atomic E-state index is 12.0. The topological polar surface area (TPSA) is 32.7 Å². The number of hydrogen-bond acceptors (Lipinski definition) is 3. The molecule has 18 heavy (non-hydrogen) atoms. The summed E-state index contributed by atoms with van der Waals surface area (Å²) in [6.45, 7) is 1.99. The number of carbonyl (C=O) groups excluding carboxylic acids is 1. The summed E-state index contributed by atoms with van der Waals surface area (Å²) in [6.07, 6.45) is 0.384. The number of aryl methyl sites for hydroxylation is 1. The van der Waals surface area contributed by atoms with Gasteiger partial charge in [-0.3, -0.25) is 4.79 Å². The van der Waals surface area contributed by atoms with Crippen molar-refractivity contribution in [3.63, 3.8) is 0 Å². The van der Waals surface area contributed by atoms with E-state index >= 15 is 0 Å². The van der Waals surface area contributed by atoms with Gasteiger partial charge < -0.3 is 0 Å². The zero-order chi connectivity index (χ0) is 12.5. The van der Waals surface area contributed by atoms with Crippen LogP contribution in [0.15, 0.2) is 46.9 Å². The van der Waals surface area contributed by atoms with Gasteiger partial charge in [0, 0.05) is 0 Å². The number of rotatable bonds is 2. The van der Waals surface area contributed by atoms with Gasteiger partial charge in [-0.25, -0.2) is 0 Å². The van der Waals surface area contributed by atoms with Crippen LogP contribution in [-0.2, 0) is 4.79 Å². The van der Waals surface area contributed by atoms with Crippen LogP contribution in [0.1, 0.15) is 16.9 Å². The van der Waals surface area contributed by atoms with Gasteiger partial charge in [0.1, 0.15) is 0 Å². The first kappa shape index (κ1) is 11.2. The lowest BCUT2D eigenvalue weighted by atomic mass is 10.2. The van der Waals surface area contributed by atoms with Crippen molar-refractivity contribution in [3.05, 3.63) is 52.2 Å². The van der Waals surface area contributed by atoms with E-state index in [-0.39, 0.29) is 5.91 Å². The van der Waals surface area contributed by atoms with Crippen molar-refractivity contribution in [2.75, 3.05) is 5.01 Å². The molecule has 0 saturated carbocycles. The number of nitrogens with zero attached hydrogens (tertiary/aromatic N) is 2. The third-order valence-electron chi connectivity index (χ3n) is 2.92. The minimum absolute atomic E-state index is 0.0349. The number of amides is 1. The van der Waals surface area contributed by atoms with Gasteiger partial charge in [-0.05, 0) is 30.0 Å². The van der Waals surface area contributed by atoms with Gasteiger partial charge in [-0.1, -0.05) is 24.3 Å². The monoisotopic (exact) mass is 256 g/mol. The van der Waals surface area contributed by atoms with Crippen molar-refractivity contribution in [3.8, 4) is 0 Å². The summed E-state index contributed by atoms with van der Waals surface area (Å²) in [5, 5.41) is 7.97. The van der Waals surface area contributed by atoms with Crippen LogP contribution in [0, 0.1) is 6.92 Å². The Morgan fingerprint density at radius 2 is 2.06 bits per heavy atom. The molecule has 0 saturated heterocycles. The van der Waals surface area contributed by atoms with E-state index in [4.69, 9.17) is 0 Å². The molecule has 0 radical (unpaired) electrons. The molecule has 0 N–H and O–H groups in total. The van der Waals surface area contributed by atoms with Crippen LogP contribution in [0.5, 0.6) is 0 Å². The molecule has 0 aliphatic carbocycles. The van der Waals surface area contributed by atoms with E-state index in [2.05, 4.69) is 5.10 Å². The summed E-state index contributed by atoms with van der Waals surface area (Å²) >= 11 is 1.61. The van der Waals surface area contributed by atoms with Crippen molar-refractivity contribution in [2.45, 2.75) is 13.3 Å². The Morgan fingerprint density at radius 3 is 2.78 bits per heavy atom. The number of hydrogen-bond donors (Lipinski definition) is 0. The minimum Gasteiger partial charge on any atom is -0.272 e. The molecule has 2 aromatic rings. The van der Waals surface area contributed by atoms with Crippen LogP contribution in [-0.4, -0.2) is 11.6 Å². The molecule has 1 aromatic heterocycles. The average Bonchev–Trinajstić information content (AvgIpc) is 2.99. The van der Waals surface area contributed by atoms with E-state index in [9.17, 15) is 4.79 Å². The van der Waals surface area contributed by atoms with Crippen LogP contribution in [0.25, 0.3) is 0 Å². The van der Waals surface area contributed by atoms with Gasteiger partial charge in [0.2, 0.25) is 0 Å². The summed E-state index contributed by atoms with van der Waals surface area (Å²) in [7, 11) is 0. The molecule has 3 nitrogen and oxygen atoms in total. The Bertz CT molecular complexity index is 616. The van der Waals surface area contributed by atoms with E-state index in [1.54, 1.807) is 11.3 Å². The highest BCUT2D eigenvalue weighted by Crippen LogP contribution is 2.26. The van der Waals surface area contributed by atoms with Crippen LogP contribution >= 0.6 is 11.3 Å². The minimum atomic E-state index is 0.0349. The van der Waals surface area contributed by atoms with Crippen molar-refractivity contribution in [2.24, 2.45) is 5.10 Å². The number of para-hydroxylation sites is 1. The maximum atomic E-state index is 12.0. The van der Waals surface area contributed by atoms with Gasteiger partial charge in [0.05, 0.1) is 22.7 Å². The normalized spacial score (nSPS) is 15.1. The molecular weight excluding hydrogens is 244 g/mol. The smallest absolute Gasteiger partial charge is 0.253 e. The third kappa shape index (κ3) is 1.84. The number of thiophene rings is 1. The molecule has 2 heterocycles. The zero-order valence-electron chi connectivity index (χ0n) is 9.96. The number of anilines is 1. The third-order valence-corrected chi connectivity index (χ3v) is 3.84. The Kier molecular flexibility index (Phi) is 2.72. The van der Waals surface area contributed by atoms with Gasteiger partial charge in [-0.15, -0.1) is 11.3 Å². The molecule has 4 heteroatoms. The van der Waals surface area contributed by atoms with E-state index in [1.165, 1.54) is 5.01 Å². The van der Waals surface area contributed by atoms with Crippen LogP contribution in [0.4, 0.5) is 5.69 Å². The summed E-state index contributed by atoms with van der Waals surface area (Å²) in [4.78, 5) is 13.1. The molecule has 1 aliphatic heterocycles. The second kappa shape index (κ2) is 4.38. The molecular formula is C14H12N2OS. The molecule has 1 aromatic carbocycles. The van der Waals surface area contributed by atoms with Crippen molar-refractivity contribution in [1.29, 1.82) is 0 Å². The predicted octanol–water partition coefficient (Wildman–Crippen LogP) is 3.20. The molecule has 1 amide bonds. The molecule has 1 aliphatic rings. The Morgan fingerprint density at radius 1 is 1.22 bits per heavy atom. The first-order valence-corrected chi connectivity index (χ1v) is 6.63. The second-order valence-electron chi connectivity index (χ2n) is 4.19. The molecule has 0 spiro atoms.